The number of rotatable bonds is 7. The summed E-state index contributed by atoms with van der Waals surface area (Å²) in [5, 5.41) is 10.2. The maximum atomic E-state index is 10.2. The van der Waals surface area contributed by atoms with E-state index in [0.29, 0.717) is 0 Å². The largest absolute Gasteiger partial charge is 0.390 e. The fraction of sp³-hybridized carbons (Fsp3) is 1.00. The topological polar surface area (TPSA) is 20.2 Å². The van der Waals surface area contributed by atoms with Crippen LogP contribution >= 0.6 is 0 Å². The quantitative estimate of drug-likeness (QED) is 0.629. The molecule has 1 heteroatoms. The molecule has 0 spiro atoms. The Bertz CT molecular complexity index is 168. The van der Waals surface area contributed by atoms with Crippen LogP contribution in [0, 0.1) is 11.8 Å². The molecule has 0 atom stereocenters. The second kappa shape index (κ2) is 5.89. The van der Waals surface area contributed by atoms with Crippen molar-refractivity contribution >= 4 is 0 Å². The van der Waals surface area contributed by atoms with Crippen molar-refractivity contribution in [2.24, 2.45) is 11.8 Å². The van der Waals surface area contributed by atoms with Crippen LogP contribution in [0.3, 0.4) is 0 Å². The monoisotopic (exact) mass is 212 g/mol. The number of hydrogen-bond acceptors (Lipinski definition) is 1. The molecular formula is C14H28O. The summed E-state index contributed by atoms with van der Waals surface area (Å²) in [5.74, 6) is 1.54. The van der Waals surface area contributed by atoms with E-state index in [4.69, 9.17) is 0 Å². The van der Waals surface area contributed by atoms with Crippen LogP contribution in [0.5, 0.6) is 0 Å². The molecule has 90 valence electrons. The van der Waals surface area contributed by atoms with Gasteiger partial charge in [0.15, 0.2) is 0 Å². The first-order valence-corrected chi connectivity index (χ1v) is 6.80. The van der Waals surface area contributed by atoms with Gasteiger partial charge >= 0.3 is 0 Å². The predicted octanol–water partition coefficient (Wildman–Crippen LogP) is 4.14. The Morgan fingerprint density at radius 2 is 1.73 bits per heavy atom. The van der Waals surface area contributed by atoms with Crippen molar-refractivity contribution < 1.29 is 5.11 Å². The zero-order valence-electron chi connectivity index (χ0n) is 10.8. The minimum Gasteiger partial charge on any atom is -0.390 e. The zero-order chi connectivity index (χ0) is 11.3. The minimum absolute atomic E-state index is 0.277. The van der Waals surface area contributed by atoms with Crippen LogP contribution in [-0.2, 0) is 0 Å². The zero-order valence-corrected chi connectivity index (χ0v) is 10.8. The molecule has 1 aliphatic carbocycles. The molecule has 0 aromatic heterocycles. The maximum Gasteiger partial charge on any atom is 0.0653 e. The van der Waals surface area contributed by atoms with Crippen LogP contribution in [0.25, 0.3) is 0 Å². The van der Waals surface area contributed by atoms with E-state index in [2.05, 4.69) is 20.8 Å². The Labute approximate surface area is 95.3 Å². The summed E-state index contributed by atoms with van der Waals surface area (Å²) in [5.41, 5.74) is -0.277. The van der Waals surface area contributed by atoms with Gasteiger partial charge in [-0.05, 0) is 31.1 Å². The van der Waals surface area contributed by atoms with Gasteiger partial charge in [0.25, 0.3) is 0 Å². The number of hydrogen-bond donors (Lipinski definition) is 1. The molecule has 0 heterocycles. The third kappa shape index (κ3) is 4.14. The first kappa shape index (κ1) is 13.0. The fourth-order valence-corrected chi connectivity index (χ4v) is 2.65. The highest BCUT2D eigenvalue weighted by Gasteiger charge is 2.42. The molecule has 0 aromatic rings. The van der Waals surface area contributed by atoms with Gasteiger partial charge in [0.05, 0.1) is 5.60 Å². The number of aliphatic hydroxyl groups is 1. The molecule has 0 aliphatic heterocycles. The van der Waals surface area contributed by atoms with Crippen molar-refractivity contribution in [2.45, 2.75) is 77.7 Å². The Balaban J connectivity index is 2.03. The second-order valence-electron chi connectivity index (χ2n) is 5.80. The van der Waals surface area contributed by atoms with E-state index in [0.717, 1.165) is 31.1 Å². The normalized spacial score (nSPS) is 30.6. The Morgan fingerprint density at radius 1 is 1.13 bits per heavy atom. The molecule has 1 fully saturated rings. The fourth-order valence-electron chi connectivity index (χ4n) is 2.65. The predicted molar refractivity (Wildman–Crippen MR) is 65.9 cm³/mol. The van der Waals surface area contributed by atoms with Crippen molar-refractivity contribution in [2.75, 3.05) is 0 Å². The standard InChI is InChI=1S/C14H28O/c1-4-5-6-7-8-9-14(15)10-13(11-14)12(2)3/h12-13,15H,4-11H2,1-3H3. The summed E-state index contributed by atoms with van der Waals surface area (Å²) in [4.78, 5) is 0. The van der Waals surface area contributed by atoms with Crippen molar-refractivity contribution in [3.8, 4) is 0 Å². The van der Waals surface area contributed by atoms with E-state index in [-0.39, 0.29) is 5.60 Å². The summed E-state index contributed by atoms with van der Waals surface area (Å²) >= 11 is 0. The van der Waals surface area contributed by atoms with Gasteiger partial charge in [-0.2, -0.15) is 0 Å². The van der Waals surface area contributed by atoms with Gasteiger partial charge in [0.1, 0.15) is 0 Å². The lowest BCUT2D eigenvalue weighted by Crippen LogP contribution is -2.45. The van der Waals surface area contributed by atoms with Gasteiger partial charge in [0, 0.05) is 0 Å². The van der Waals surface area contributed by atoms with Crippen LogP contribution < -0.4 is 0 Å². The van der Waals surface area contributed by atoms with Crippen molar-refractivity contribution in [1.82, 2.24) is 0 Å². The van der Waals surface area contributed by atoms with Gasteiger partial charge in [-0.1, -0.05) is 52.9 Å². The minimum atomic E-state index is -0.277. The second-order valence-corrected chi connectivity index (χ2v) is 5.80. The Kier molecular flexibility index (Phi) is 5.11. The summed E-state index contributed by atoms with van der Waals surface area (Å²) in [6.07, 6.45) is 9.69. The van der Waals surface area contributed by atoms with E-state index in [1.165, 1.54) is 32.1 Å². The highest BCUT2D eigenvalue weighted by atomic mass is 16.3. The van der Waals surface area contributed by atoms with Crippen LogP contribution in [0.2, 0.25) is 0 Å². The average molecular weight is 212 g/mol. The molecule has 1 N–H and O–H groups in total. The lowest BCUT2D eigenvalue weighted by atomic mass is 9.64. The molecular weight excluding hydrogens is 184 g/mol. The summed E-state index contributed by atoms with van der Waals surface area (Å²) < 4.78 is 0. The van der Waals surface area contributed by atoms with Crippen molar-refractivity contribution in [3.05, 3.63) is 0 Å². The SMILES string of the molecule is CCCCCCCC1(O)CC(C(C)C)C1. The number of unbranched alkanes of at least 4 members (excludes halogenated alkanes) is 4. The molecule has 1 saturated carbocycles. The maximum absolute atomic E-state index is 10.2. The lowest BCUT2D eigenvalue weighted by Gasteiger charge is -2.46. The molecule has 1 aliphatic rings. The van der Waals surface area contributed by atoms with Gasteiger partial charge in [0.2, 0.25) is 0 Å². The van der Waals surface area contributed by atoms with E-state index >= 15 is 0 Å². The highest BCUT2D eigenvalue weighted by Crippen LogP contribution is 2.44. The van der Waals surface area contributed by atoms with E-state index in [1.54, 1.807) is 0 Å². The molecule has 1 nitrogen and oxygen atoms in total. The van der Waals surface area contributed by atoms with Crippen LogP contribution in [-0.4, -0.2) is 10.7 Å². The lowest BCUT2D eigenvalue weighted by molar-refractivity contribution is -0.0936. The Morgan fingerprint density at radius 3 is 2.27 bits per heavy atom. The van der Waals surface area contributed by atoms with E-state index in [1.807, 2.05) is 0 Å². The van der Waals surface area contributed by atoms with Crippen molar-refractivity contribution in [1.29, 1.82) is 0 Å². The summed E-state index contributed by atoms with van der Waals surface area (Å²) in [6.45, 7) is 6.78. The first-order chi connectivity index (χ1) is 7.07. The van der Waals surface area contributed by atoms with Gasteiger partial charge in [-0.3, -0.25) is 0 Å². The van der Waals surface area contributed by atoms with Crippen molar-refractivity contribution in [3.63, 3.8) is 0 Å². The molecule has 0 radical (unpaired) electrons. The molecule has 1 rings (SSSR count). The molecule has 0 aromatic carbocycles. The Hall–Kier alpha value is -0.0400. The highest BCUT2D eigenvalue weighted by molar-refractivity contribution is 4.94. The van der Waals surface area contributed by atoms with E-state index < -0.39 is 0 Å². The summed E-state index contributed by atoms with van der Waals surface area (Å²) in [6, 6.07) is 0. The third-order valence-corrected chi connectivity index (χ3v) is 3.97. The molecule has 15 heavy (non-hydrogen) atoms. The molecule has 0 amide bonds. The third-order valence-electron chi connectivity index (χ3n) is 3.97. The van der Waals surface area contributed by atoms with Gasteiger partial charge in [-0.25, -0.2) is 0 Å². The van der Waals surface area contributed by atoms with E-state index in [9.17, 15) is 5.11 Å². The first-order valence-electron chi connectivity index (χ1n) is 6.80. The van der Waals surface area contributed by atoms with Gasteiger partial charge in [-0.15, -0.1) is 0 Å². The van der Waals surface area contributed by atoms with Crippen LogP contribution in [0.15, 0.2) is 0 Å². The van der Waals surface area contributed by atoms with Gasteiger partial charge < -0.3 is 5.11 Å². The van der Waals surface area contributed by atoms with Crippen LogP contribution in [0.4, 0.5) is 0 Å². The average Bonchev–Trinajstić information content (AvgIpc) is 2.13. The molecule has 0 saturated heterocycles. The summed E-state index contributed by atoms with van der Waals surface area (Å²) in [7, 11) is 0. The van der Waals surface area contributed by atoms with Crippen LogP contribution in [0.1, 0.15) is 72.1 Å². The molecule has 0 unspecified atom stereocenters. The molecule has 0 bridgehead atoms. The smallest absolute Gasteiger partial charge is 0.0653 e.